The molecule has 6 nitrogen and oxygen atoms in total. The van der Waals surface area contributed by atoms with Gasteiger partial charge < -0.3 is 10.4 Å². The Morgan fingerprint density at radius 3 is 2.42 bits per heavy atom. The predicted octanol–water partition coefficient (Wildman–Crippen LogP) is 3.07. The van der Waals surface area contributed by atoms with Crippen molar-refractivity contribution in [2.45, 2.75) is 76.8 Å². The molecule has 3 rings (SSSR count). The molecule has 6 heteroatoms. The third-order valence-corrected chi connectivity index (χ3v) is 5.62. The summed E-state index contributed by atoms with van der Waals surface area (Å²) in [6.45, 7) is 1.97. The fraction of sp³-hybridized carbons (Fsp3) is 0.722. The second-order valence-corrected chi connectivity index (χ2v) is 7.24. The standard InChI is InChI=1S/C18H27N3O3/c1-12-16(11-19-21(12)15-5-3-2-4-6-15)17(22)20-14-9-7-13(8-10-14)18(23)24/h11,13-15H,2-10H2,1H3,(H,20,22)(H,23,24). The summed E-state index contributed by atoms with van der Waals surface area (Å²) in [7, 11) is 0. The van der Waals surface area contributed by atoms with Gasteiger partial charge in [-0.15, -0.1) is 0 Å². The second-order valence-electron chi connectivity index (χ2n) is 7.24. The van der Waals surface area contributed by atoms with Crippen LogP contribution in [0, 0.1) is 12.8 Å². The number of amides is 1. The zero-order valence-corrected chi connectivity index (χ0v) is 14.3. The van der Waals surface area contributed by atoms with Crippen LogP contribution in [-0.2, 0) is 4.79 Å². The Hall–Kier alpha value is -1.85. The fourth-order valence-corrected chi connectivity index (χ4v) is 4.09. The molecule has 0 saturated heterocycles. The van der Waals surface area contributed by atoms with E-state index in [1.807, 2.05) is 11.6 Å². The zero-order chi connectivity index (χ0) is 17.1. The topological polar surface area (TPSA) is 84.2 Å². The van der Waals surface area contributed by atoms with Crippen molar-refractivity contribution in [3.63, 3.8) is 0 Å². The summed E-state index contributed by atoms with van der Waals surface area (Å²) in [6, 6.07) is 0.497. The summed E-state index contributed by atoms with van der Waals surface area (Å²) in [4.78, 5) is 23.6. The van der Waals surface area contributed by atoms with E-state index in [9.17, 15) is 9.59 Å². The molecule has 2 fully saturated rings. The van der Waals surface area contributed by atoms with Gasteiger partial charge in [0.05, 0.1) is 23.7 Å². The Labute approximate surface area is 142 Å². The van der Waals surface area contributed by atoms with Crippen LogP contribution in [0.3, 0.4) is 0 Å². The largest absolute Gasteiger partial charge is 0.481 e. The van der Waals surface area contributed by atoms with Crippen molar-refractivity contribution in [1.82, 2.24) is 15.1 Å². The highest BCUT2D eigenvalue weighted by Crippen LogP contribution is 2.29. The van der Waals surface area contributed by atoms with E-state index in [0.29, 0.717) is 24.4 Å². The van der Waals surface area contributed by atoms with Gasteiger partial charge in [0.15, 0.2) is 0 Å². The number of aliphatic carboxylic acids is 1. The van der Waals surface area contributed by atoms with Crippen LogP contribution in [0.15, 0.2) is 6.20 Å². The summed E-state index contributed by atoms with van der Waals surface area (Å²) < 4.78 is 2.02. The maximum atomic E-state index is 12.6. The number of carboxylic acids is 1. The summed E-state index contributed by atoms with van der Waals surface area (Å²) in [5.74, 6) is -1.05. The lowest BCUT2D eigenvalue weighted by molar-refractivity contribution is -0.142. The molecule has 0 bridgehead atoms. The van der Waals surface area contributed by atoms with Crippen LogP contribution in [0.25, 0.3) is 0 Å². The highest BCUT2D eigenvalue weighted by atomic mass is 16.4. The number of rotatable bonds is 4. The van der Waals surface area contributed by atoms with Crippen LogP contribution in [0.4, 0.5) is 0 Å². The molecule has 1 amide bonds. The summed E-state index contributed by atoms with van der Waals surface area (Å²) in [6.07, 6.45) is 10.5. The number of nitrogens with zero attached hydrogens (tertiary/aromatic N) is 2. The highest BCUT2D eigenvalue weighted by Gasteiger charge is 2.28. The average Bonchev–Trinajstić information content (AvgIpc) is 2.98. The van der Waals surface area contributed by atoms with Gasteiger partial charge >= 0.3 is 5.97 Å². The minimum absolute atomic E-state index is 0.0746. The van der Waals surface area contributed by atoms with Crippen LogP contribution in [0.2, 0.25) is 0 Å². The smallest absolute Gasteiger partial charge is 0.306 e. The van der Waals surface area contributed by atoms with Crippen molar-refractivity contribution >= 4 is 11.9 Å². The van der Waals surface area contributed by atoms with E-state index < -0.39 is 5.97 Å². The van der Waals surface area contributed by atoms with E-state index >= 15 is 0 Å². The molecule has 24 heavy (non-hydrogen) atoms. The fourth-order valence-electron chi connectivity index (χ4n) is 4.09. The number of carbonyl (C=O) groups excluding carboxylic acids is 1. The molecular formula is C18H27N3O3. The molecule has 0 aliphatic heterocycles. The number of carboxylic acid groups (broad SMARTS) is 1. The van der Waals surface area contributed by atoms with Crippen molar-refractivity contribution in [1.29, 1.82) is 0 Å². The van der Waals surface area contributed by atoms with Crippen molar-refractivity contribution < 1.29 is 14.7 Å². The molecule has 1 aromatic rings. The molecule has 2 aliphatic rings. The molecule has 2 saturated carbocycles. The number of hydrogen-bond acceptors (Lipinski definition) is 3. The maximum Gasteiger partial charge on any atom is 0.306 e. The summed E-state index contributed by atoms with van der Waals surface area (Å²) in [5, 5.41) is 16.6. The van der Waals surface area contributed by atoms with Gasteiger partial charge in [0, 0.05) is 11.7 Å². The van der Waals surface area contributed by atoms with Gasteiger partial charge in [0.1, 0.15) is 0 Å². The van der Waals surface area contributed by atoms with Gasteiger partial charge in [-0.2, -0.15) is 5.10 Å². The van der Waals surface area contributed by atoms with Gasteiger partial charge in [0.25, 0.3) is 5.91 Å². The van der Waals surface area contributed by atoms with Crippen molar-refractivity contribution in [3.8, 4) is 0 Å². The van der Waals surface area contributed by atoms with E-state index in [4.69, 9.17) is 5.11 Å². The molecule has 2 aliphatic carbocycles. The molecule has 0 spiro atoms. The number of carbonyl (C=O) groups is 2. The van der Waals surface area contributed by atoms with Crippen LogP contribution >= 0.6 is 0 Å². The molecule has 0 atom stereocenters. The molecule has 132 valence electrons. The van der Waals surface area contributed by atoms with Crippen molar-refractivity contribution in [3.05, 3.63) is 17.5 Å². The van der Waals surface area contributed by atoms with E-state index in [-0.39, 0.29) is 17.9 Å². The van der Waals surface area contributed by atoms with E-state index in [1.54, 1.807) is 6.20 Å². The first-order chi connectivity index (χ1) is 11.6. The Morgan fingerprint density at radius 2 is 1.79 bits per heavy atom. The lowest BCUT2D eigenvalue weighted by Gasteiger charge is -2.27. The lowest BCUT2D eigenvalue weighted by Crippen LogP contribution is -2.38. The Kier molecular flexibility index (Phi) is 5.21. The molecule has 1 aromatic heterocycles. The van der Waals surface area contributed by atoms with E-state index in [2.05, 4.69) is 10.4 Å². The maximum absolute atomic E-state index is 12.6. The molecule has 2 N–H and O–H groups in total. The third-order valence-electron chi connectivity index (χ3n) is 5.62. The van der Waals surface area contributed by atoms with Gasteiger partial charge in [-0.3, -0.25) is 14.3 Å². The monoisotopic (exact) mass is 333 g/mol. The summed E-state index contributed by atoms with van der Waals surface area (Å²) in [5.41, 5.74) is 1.60. The average molecular weight is 333 g/mol. The third kappa shape index (κ3) is 3.62. The van der Waals surface area contributed by atoms with Gasteiger partial charge in [-0.25, -0.2) is 0 Å². The van der Waals surface area contributed by atoms with Crippen LogP contribution in [0.1, 0.15) is 79.9 Å². The number of nitrogens with one attached hydrogen (secondary N) is 1. The lowest BCUT2D eigenvalue weighted by atomic mass is 9.86. The van der Waals surface area contributed by atoms with Gasteiger partial charge in [-0.1, -0.05) is 19.3 Å². The molecule has 0 aromatic carbocycles. The number of hydrogen-bond donors (Lipinski definition) is 2. The van der Waals surface area contributed by atoms with Crippen LogP contribution in [-0.4, -0.2) is 32.8 Å². The minimum atomic E-state index is -0.718. The van der Waals surface area contributed by atoms with Gasteiger partial charge in [0.2, 0.25) is 0 Å². The molecule has 1 heterocycles. The van der Waals surface area contributed by atoms with E-state index in [1.165, 1.54) is 19.3 Å². The predicted molar refractivity (Wildman–Crippen MR) is 89.9 cm³/mol. The quantitative estimate of drug-likeness (QED) is 0.887. The first kappa shape index (κ1) is 17.0. The normalized spacial score (nSPS) is 25.4. The zero-order valence-electron chi connectivity index (χ0n) is 14.3. The SMILES string of the molecule is Cc1c(C(=O)NC2CCC(C(=O)O)CC2)cnn1C1CCCCC1. The highest BCUT2D eigenvalue weighted by molar-refractivity contribution is 5.95. The first-order valence-corrected chi connectivity index (χ1v) is 9.14. The van der Waals surface area contributed by atoms with Crippen LogP contribution in [0.5, 0.6) is 0 Å². The first-order valence-electron chi connectivity index (χ1n) is 9.14. The number of aromatic nitrogens is 2. The Morgan fingerprint density at radius 1 is 1.12 bits per heavy atom. The molecular weight excluding hydrogens is 306 g/mol. The van der Waals surface area contributed by atoms with E-state index in [0.717, 1.165) is 31.4 Å². The minimum Gasteiger partial charge on any atom is -0.481 e. The van der Waals surface area contributed by atoms with Crippen molar-refractivity contribution in [2.24, 2.45) is 5.92 Å². The Bertz CT molecular complexity index is 597. The summed E-state index contributed by atoms with van der Waals surface area (Å²) >= 11 is 0. The van der Waals surface area contributed by atoms with Crippen molar-refractivity contribution in [2.75, 3.05) is 0 Å². The van der Waals surface area contributed by atoms with Gasteiger partial charge in [-0.05, 0) is 45.4 Å². The molecule has 0 unspecified atom stereocenters. The Balaban J connectivity index is 1.59. The second kappa shape index (κ2) is 7.36. The molecule has 0 radical (unpaired) electrons. The van der Waals surface area contributed by atoms with Crippen LogP contribution < -0.4 is 5.32 Å².